The van der Waals surface area contributed by atoms with Crippen molar-refractivity contribution in [1.29, 1.82) is 0 Å². The van der Waals surface area contributed by atoms with Crippen LogP contribution in [0, 0.1) is 0 Å². The molecule has 0 spiro atoms. The molecule has 0 aliphatic heterocycles. The van der Waals surface area contributed by atoms with Gasteiger partial charge in [0.15, 0.2) is 0 Å². The van der Waals surface area contributed by atoms with Gasteiger partial charge in [-0.25, -0.2) is 13.1 Å². The summed E-state index contributed by atoms with van der Waals surface area (Å²) in [7, 11) is -3.92. The smallest absolute Gasteiger partial charge is 0.207 e. The highest BCUT2D eigenvalue weighted by Crippen LogP contribution is 2.32. The first-order chi connectivity index (χ1) is 11.1. The van der Waals surface area contributed by atoms with Gasteiger partial charge in [-0.05, 0) is 41.8 Å². The van der Waals surface area contributed by atoms with Crippen molar-refractivity contribution in [2.24, 2.45) is 0 Å². The van der Waals surface area contributed by atoms with Crippen LogP contribution >= 0.6 is 15.9 Å². The second-order valence-electron chi connectivity index (χ2n) is 5.09. The third-order valence-electron chi connectivity index (χ3n) is 3.47. The van der Waals surface area contributed by atoms with Crippen LogP contribution in [0.15, 0.2) is 51.8 Å². The molecule has 130 valence electrons. The van der Waals surface area contributed by atoms with Crippen molar-refractivity contribution in [1.82, 2.24) is 4.72 Å². The second kappa shape index (κ2) is 7.25. The van der Waals surface area contributed by atoms with Gasteiger partial charge in [-0.2, -0.15) is 13.2 Å². The Balaban J connectivity index is 2.30. The molecule has 8 heteroatoms. The van der Waals surface area contributed by atoms with E-state index in [1.165, 1.54) is 24.3 Å². The Labute approximate surface area is 147 Å². The number of hydrogen-bond donors (Lipinski definition) is 1. The van der Waals surface area contributed by atoms with Crippen LogP contribution in [0.1, 0.15) is 23.6 Å². The normalized spacial score (nSPS) is 12.4. The second-order valence-corrected chi connectivity index (χ2v) is 7.74. The molecule has 0 amide bonds. The molecule has 0 fully saturated rings. The number of aryl methyl sites for hydroxylation is 1. The summed E-state index contributed by atoms with van der Waals surface area (Å²) in [5.41, 5.74) is -0.385. The van der Waals surface area contributed by atoms with Crippen LogP contribution in [0.4, 0.5) is 13.2 Å². The predicted molar refractivity (Wildman–Crippen MR) is 89.0 cm³/mol. The Morgan fingerprint density at radius 1 is 1.08 bits per heavy atom. The van der Waals surface area contributed by atoms with E-state index < -0.39 is 28.3 Å². The van der Waals surface area contributed by atoms with E-state index in [0.29, 0.717) is 12.0 Å². The molecule has 0 aliphatic carbocycles. The van der Waals surface area contributed by atoms with Crippen molar-refractivity contribution in [3.05, 3.63) is 63.6 Å². The van der Waals surface area contributed by atoms with Crippen LogP contribution in [0.3, 0.4) is 0 Å². The number of alkyl halides is 3. The van der Waals surface area contributed by atoms with Crippen molar-refractivity contribution in [3.63, 3.8) is 0 Å². The molecule has 1 N–H and O–H groups in total. The van der Waals surface area contributed by atoms with E-state index in [9.17, 15) is 21.6 Å². The largest absolute Gasteiger partial charge is 0.416 e. The van der Waals surface area contributed by atoms with Gasteiger partial charge in [0, 0.05) is 11.0 Å². The molecule has 3 nitrogen and oxygen atoms in total. The molecule has 0 atom stereocenters. The van der Waals surface area contributed by atoms with Gasteiger partial charge in [-0.3, -0.25) is 0 Å². The third kappa shape index (κ3) is 4.37. The molecule has 0 unspecified atom stereocenters. The summed E-state index contributed by atoms with van der Waals surface area (Å²) in [5.74, 6) is 0. The molecule has 0 aliphatic rings. The Kier molecular flexibility index (Phi) is 5.72. The topological polar surface area (TPSA) is 46.2 Å². The average molecular weight is 422 g/mol. The minimum absolute atomic E-state index is 0.0673. The Hall–Kier alpha value is -1.38. The zero-order chi connectivity index (χ0) is 18.0. The maximum atomic E-state index is 13.0. The molecule has 24 heavy (non-hydrogen) atoms. The third-order valence-corrected chi connectivity index (χ3v) is 5.46. The van der Waals surface area contributed by atoms with Crippen LogP contribution in [-0.4, -0.2) is 8.42 Å². The number of nitrogens with one attached hydrogen (secondary N) is 1. The van der Waals surface area contributed by atoms with Gasteiger partial charge in [0.25, 0.3) is 0 Å². The van der Waals surface area contributed by atoms with Gasteiger partial charge in [-0.1, -0.05) is 41.1 Å². The number of hydrogen-bond acceptors (Lipinski definition) is 2. The molecule has 0 saturated heterocycles. The molecule has 2 rings (SSSR count). The zero-order valence-electron chi connectivity index (χ0n) is 12.7. The SMILES string of the molecule is CCc1cc(Br)ccc1S(=O)(=O)NCc1ccccc1C(F)(F)F. The van der Waals surface area contributed by atoms with Crippen molar-refractivity contribution < 1.29 is 21.6 Å². The summed E-state index contributed by atoms with van der Waals surface area (Å²) in [6.07, 6.45) is -4.05. The molecule has 2 aromatic carbocycles. The molecule has 0 bridgehead atoms. The van der Waals surface area contributed by atoms with Crippen LogP contribution in [-0.2, 0) is 29.2 Å². The summed E-state index contributed by atoms with van der Waals surface area (Å²) in [5, 5.41) is 0. The number of sulfonamides is 1. The number of halogens is 4. The van der Waals surface area contributed by atoms with Gasteiger partial charge in [0.2, 0.25) is 10.0 Å². The summed E-state index contributed by atoms with van der Waals surface area (Å²) in [4.78, 5) is 0.0673. The Morgan fingerprint density at radius 2 is 1.75 bits per heavy atom. The monoisotopic (exact) mass is 421 g/mol. The van der Waals surface area contributed by atoms with E-state index in [4.69, 9.17) is 0 Å². The number of benzene rings is 2. The number of rotatable bonds is 5. The van der Waals surface area contributed by atoms with Gasteiger partial charge < -0.3 is 0 Å². The van der Waals surface area contributed by atoms with E-state index >= 15 is 0 Å². The van der Waals surface area contributed by atoms with E-state index in [0.717, 1.165) is 10.5 Å². The highest BCUT2D eigenvalue weighted by molar-refractivity contribution is 9.10. The highest BCUT2D eigenvalue weighted by atomic mass is 79.9. The molecule has 0 heterocycles. The lowest BCUT2D eigenvalue weighted by atomic mass is 10.1. The molecule has 0 aromatic heterocycles. The first-order valence-electron chi connectivity index (χ1n) is 7.08. The summed E-state index contributed by atoms with van der Waals surface area (Å²) in [6, 6.07) is 9.59. The Morgan fingerprint density at radius 3 is 2.38 bits per heavy atom. The lowest BCUT2D eigenvalue weighted by Crippen LogP contribution is -2.25. The van der Waals surface area contributed by atoms with Gasteiger partial charge in [0.1, 0.15) is 0 Å². The van der Waals surface area contributed by atoms with Crippen molar-refractivity contribution in [3.8, 4) is 0 Å². The van der Waals surface area contributed by atoms with Gasteiger partial charge in [-0.15, -0.1) is 0 Å². The Bertz CT molecular complexity index is 835. The van der Waals surface area contributed by atoms with Crippen molar-refractivity contribution in [2.75, 3.05) is 0 Å². The highest BCUT2D eigenvalue weighted by Gasteiger charge is 2.33. The summed E-state index contributed by atoms with van der Waals surface area (Å²) < 4.78 is 66.8. The standard InChI is InChI=1S/C16H15BrF3NO2S/c1-2-11-9-13(17)7-8-15(11)24(22,23)21-10-12-5-3-4-6-14(12)16(18,19)20/h3-9,21H,2,10H2,1H3. The van der Waals surface area contributed by atoms with Crippen LogP contribution in [0.25, 0.3) is 0 Å². The first-order valence-corrected chi connectivity index (χ1v) is 9.36. The molecule has 0 saturated carbocycles. The van der Waals surface area contributed by atoms with Gasteiger partial charge >= 0.3 is 6.18 Å². The van der Waals surface area contributed by atoms with E-state index in [2.05, 4.69) is 20.7 Å². The molecule has 2 aromatic rings. The van der Waals surface area contributed by atoms with E-state index in [1.54, 1.807) is 19.1 Å². The van der Waals surface area contributed by atoms with E-state index in [1.807, 2.05) is 0 Å². The van der Waals surface area contributed by atoms with E-state index in [-0.39, 0.29) is 10.5 Å². The minimum Gasteiger partial charge on any atom is -0.207 e. The predicted octanol–water partition coefficient (Wildman–Crippen LogP) is 4.51. The van der Waals surface area contributed by atoms with Crippen molar-refractivity contribution in [2.45, 2.75) is 31.0 Å². The summed E-state index contributed by atoms with van der Waals surface area (Å²) >= 11 is 3.27. The average Bonchev–Trinajstić information content (AvgIpc) is 2.52. The quantitative estimate of drug-likeness (QED) is 0.771. The molecule has 0 radical (unpaired) electrons. The maximum absolute atomic E-state index is 13.0. The summed E-state index contributed by atoms with van der Waals surface area (Å²) in [6.45, 7) is 1.37. The lowest BCUT2D eigenvalue weighted by Gasteiger charge is -2.14. The van der Waals surface area contributed by atoms with Crippen LogP contribution in [0.5, 0.6) is 0 Å². The molecular weight excluding hydrogens is 407 g/mol. The van der Waals surface area contributed by atoms with Crippen LogP contribution in [0.2, 0.25) is 0 Å². The fraction of sp³-hybridized carbons (Fsp3) is 0.250. The molecular formula is C16H15BrF3NO2S. The fourth-order valence-electron chi connectivity index (χ4n) is 2.29. The minimum atomic E-state index is -4.53. The fourth-order valence-corrected chi connectivity index (χ4v) is 3.99. The maximum Gasteiger partial charge on any atom is 0.416 e. The van der Waals surface area contributed by atoms with Crippen LogP contribution < -0.4 is 4.72 Å². The van der Waals surface area contributed by atoms with Crippen molar-refractivity contribution >= 4 is 26.0 Å². The first kappa shape index (κ1) is 19.0. The van der Waals surface area contributed by atoms with Gasteiger partial charge in [0.05, 0.1) is 10.5 Å². The lowest BCUT2D eigenvalue weighted by molar-refractivity contribution is -0.138. The zero-order valence-corrected chi connectivity index (χ0v) is 15.1.